The number of hydrogen-bond acceptors (Lipinski definition) is 6. The van der Waals surface area contributed by atoms with Gasteiger partial charge in [-0.2, -0.15) is 0 Å². The lowest BCUT2D eigenvalue weighted by molar-refractivity contribution is -0.383. The molecule has 1 heterocycles. The number of nitrogens with zero attached hydrogens (tertiary/aromatic N) is 3. The summed E-state index contributed by atoms with van der Waals surface area (Å²) in [6.07, 6.45) is 6.16. The van der Waals surface area contributed by atoms with Crippen molar-refractivity contribution in [3.63, 3.8) is 0 Å². The van der Waals surface area contributed by atoms with E-state index in [4.69, 9.17) is 0 Å². The Kier molecular flexibility index (Phi) is 4.13. The Morgan fingerprint density at radius 1 is 1.37 bits per heavy atom. The fraction of sp³-hybridized carbons (Fsp3) is 0.667. The first-order chi connectivity index (χ1) is 9.13. The molecule has 19 heavy (non-hydrogen) atoms. The lowest BCUT2D eigenvalue weighted by atomic mass is 10.00. The first kappa shape index (κ1) is 13.5. The van der Waals surface area contributed by atoms with Crippen molar-refractivity contribution in [2.24, 2.45) is 5.92 Å². The molecule has 0 saturated heterocycles. The quantitative estimate of drug-likeness (QED) is 0.627. The zero-order valence-electron chi connectivity index (χ0n) is 11.2. The van der Waals surface area contributed by atoms with Crippen molar-refractivity contribution < 1.29 is 4.92 Å². The van der Waals surface area contributed by atoms with Crippen LogP contribution in [0.5, 0.6) is 0 Å². The first-order valence-corrected chi connectivity index (χ1v) is 6.57. The normalized spacial score (nSPS) is 17.2. The number of aromatic nitrogens is 2. The monoisotopic (exact) mass is 265 g/mol. The highest BCUT2D eigenvalue weighted by Crippen LogP contribution is 2.33. The third-order valence-electron chi connectivity index (χ3n) is 3.71. The maximum absolute atomic E-state index is 11.1. The van der Waals surface area contributed by atoms with Gasteiger partial charge in [-0.3, -0.25) is 10.1 Å². The fourth-order valence-electron chi connectivity index (χ4n) is 2.63. The molecular formula is C12H19N5O2. The summed E-state index contributed by atoms with van der Waals surface area (Å²) in [5, 5.41) is 17.1. The van der Waals surface area contributed by atoms with E-state index in [1.54, 1.807) is 7.05 Å². The van der Waals surface area contributed by atoms with Gasteiger partial charge in [0.15, 0.2) is 0 Å². The van der Waals surface area contributed by atoms with E-state index in [9.17, 15) is 10.1 Å². The van der Waals surface area contributed by atoms with Crippen LogP contribution in [0.4, 0.5) is 17.3 Å². The molecule has 1 fully saturated rings. The maximum Gasteiger partial charge on any atom is 0.353 e. The van der Waals surface area contributed by atoms with Crippen LogP contribution in [0.2, 0.25) is 0 Å². The Morgan fingerprint density at radius 3 is 2.58 bits per heavy atom. The second-order valence-corrected chi connectivity index (χ2v) is 4.90. The van der Waals surface area contributed by atoms with Gasteiger partial charge in [0.1, 0.15) is 6.33 Å². The average Bonchev–Trinajstić information content (AvgIpc) is 2.92. The molecule has 2 N–H and O–H groups in total. The summed E-state index contributed by atoms with van der Waals surface area (Å²) in [7, 11) is 1.61. The molecule has 1 atom stereocenters. The van der Waals surface area contributed by atoms with Gasteiger partial charge in [0.05, 0.1) is 4.92 Å². The highest BCUT2D eigenvalue weighted by atomic mass is 16.6. The minimum atomic E-state index is -0.449. The standard InChI is InChI=1S/C12H19N5O2/c1-8(9-5-3-4-6-9)16-12-10(17(18)19)11(13-2)14-7-15-12/h7-9H,3-6H2,1-2H3,(H2,13,14,15,16). The van der Waals surface area contributed by atoms with E-state index < -0.39 is 4.92 Å². The topological polar surface area (TPSA) is 93.0 Å². The molecule has 0 bridgehead atoms. The Hall–Kier alpha value is -1.92. The van der Waals surface area contributed by atoms with E-state index in [0.29, 0.717) is 11.7 Å². The van der Waals surface area contributed by atoms with E-state index >= 15 is 0 Å². The molecule has 1 unspecified atom stereocenters. The second kappa shape index (κ2) is 5.81. The van der Waals surface area contributed by atoms with Gasteiger partial charge >= 0.3 is 5.69 Å². The molecular weight excluding hydrogens is 246 g/mol. The summed E-state index contributed by atoms with van der Waals surface area (Å²) >= 11 is 0. The molecule has 1 aromatic rings. The molecule has 1 aliphatic carbocycles. The van der Waals surface area contributed by atoms with Gasteiger partial charge in [0, 0.05) is 13.1 Å². The predicted octanol–water partition coefficient (Wildman–Crippen LogP) is 2.42. The number of hydrogen-bond donors (Lipinski definition) is 2. The Morgan fingerprint density at radius 2 is 2.00 bits per heavy atom. The number of anilines is 2. The van der Waals surface area contributed by atoms with Crippen LogP contribution in [0.15, 0.2) is 6.33 Å². The average molecular weight is 265 g/mol. The lowest BCUT2D eigenvalue weighted by Crippen LogP contribution is -2.25. The Balaban J connectivity index is 2.21. The summed E-state index contributed by atoms with van der Waals surface area (Å²) in [6.45, 7) is 2.06. The summed E-state index contributed by atoms with van der Waals surface area (Å²) < 4.78 is 0. The van der Waals surface area contributed by atoms with Crippen molar-refractivity contribution in [3.05, 3.63) is 16.4 Å². The van der Waals surface area contributed by atoms with Crippen molar-refractivity contribution in [1.29, 1.82) is 0 Å². The summed E-state index contributed by atoms with van der Waals surface area (Å²) in [6, 6.07) is 0.181. The molecule has 0 spiro atoms. The van der Waals surface area contributed by atoms with Gasteiger partial charge in [-0.25, -0.2) is 9.97 Å². The molecule has 0 amide bonds. The molecule has 2 rings (SSSR count). The third-order valence-corrected chi connectivity index (χ3v) is 3.71. The highest BCUT2D eigenvalue weighted by molar-refractivity contribution is 5.69. The molecule has 1 aromatic heterocycles. The van der Waals surface area contributed by atoms with Gasteiger partial charge in [0.25, 0.3) is 0 Å². The summed E-state index contributed by atoms with van der Waals surface area (Å²) in [4.78, 5) is 18.6. The van der Waals surface area contributed by atoms with Crippen molar-refractivity contribution in [3.8, 4) is 0 Å². The maximum atomic E-state index is 11.1. The smallest absolute Gasteiger partial charge is 0.353 e. The number of nitrogens with one attached hydrogen (secondary N) is 2. The van der Waals surface area contributed by atoms with E-state index in [1.807, 2.05) is 0 Å². The molecule has 1 aliphatic rings. The van der Waals surface area contributed by atoms with Crippen LogP contribution in [0, 0.1) is 16.0 Å². The van der Waals surface area contributed by atoms with Crippen molar-refractivity contribution in [1.82, 2.24) is 9.97 Å². The van der Waals surface area contributed by atoms with Crippen LogP contribution in [0.25, 0.3) is 0 Å². The number of nitro groups is 1. The molecule has 7 nitrogen and oxygen atoms in total. The van der Waals surface area contributed by atoms with Crippen LogP contribution in [0.1, 0.15) is 32.6 Å². The van der Waals surface area contributed by atoms with Crippen LogP contribution in [-0.2, 0) is 0 Å². The lowest BCUT2D eigenvalue weighted by Gasteiger charge is -2.20. The first-order valence-electron chi connectivity index (χ1n) is 6.57. The molecule has 7 heteroatoms. The highest BCUT2D eigenvalue weighted by Gasteiger charge is 2.27. The van der Waals surface area contributed by atoms with Crippen molar-refractivity contribution >= 4 is 17.3 Å². The zero-order chi connectivity index (χ0) is 13.8. The van der Waals surface area contributed by atoms with Gasteiger partial charge in [-0.1, -0.05) is 12.8 Å². The minimum Gasteiger partial charge on any atom is -0.367 e. The number of rotatable bonds is 5. The fourth-order valence-corrected chi connectivity index (χ4v) is 2.63. The van der Waals surface area contributed by atoms with Gasteiger partial charge in [-0.15, -0.1) is 0 Å². The van der Waals surface area contributed by atoms with Crippen molar-refractivity contribution in [2.45, 2.75) is 38.6 Å². The van der Waals surface area contributed by atoms with E-state index in [0.717, 1.165) is 0 Å². The molecule has 0 aromatic carbocycles. The minimum absolute atomic E-state index is 0.0881. The van der Waals surface area contributed by atoms with Crippen LogP contribution >= 0.6 is 0 Å². The molecule has 0 aliphatic heterocycles. The van der Waals surface area contributed by atoms with Crippen LogP contribution < -0.4 is 10.6 Å². The largest absolute Gasteiger partial charge is 0.367 e. The van der Waals surface area contributed by atoms with E-state index in [1.165, 1.54) is 32.0 Å². The van der Waals surface area contributed by atoms with Crippen molar-refractivity contribution in [2.75, 3.05) is 17.7 Å². The van der Waals surface area contributed by atoms with Gasteiger partial charge < -0.3 is 10.6 Å². The predicted molar refractivity (Wildman–Crippen MR) is 73.3 cm³/mol. The summed E-state index contributed by atoms with van der Waals surface area (Å²) in [5.41, 5.74) is -0.0881. The Bertz CT molecular complexity index is 459. The zero-order valence-corrected chi connectivity index (χ0v) is 11.2. The van der Waals surface area contributed by atoms with Crippen LogP contribution in [0.3, 0.4) is 0 Å². The van der Waals surface area contributed by atoms with E-state index in [-0.39, 0.29) is 17.5 Å². The second-order valence-electron chi connectivity index (χ2n) is 4.90. The summed E-state index contributed by atoms with van der Waals surface area (Å²) in [5.74, 6) is 1.09. The van der Waals surface area contributed by atoms with Gasteiger partial charge in [-0.05, 0) is 25.7 Å². The SMILES string of the molecule is CNc1ncnc(NC(C)C2CCCC2)c1[N+](=O)[O-]. The molecule has 0 radical (unpaired) electrons. The van der Waals surface area contributed by atoms with Crippen LogP contribution in [-0.4, -0.2) is 28.0 Å². The Labute approximate surface area is 112 Å². The molecule has 104 valence electrons. The third kappa shape index (κ3) is 2.91. The molecule has 1 saturated carbocycles. The van der Waals surface area contributed by atoms with Gasteiger partial charge in [0.2, 0.25) is 11.6 Å². The van der Waals surface area contributed by atoms with E-state index in [2.05, 4.69) is 27.5 Å².